The third-order valence-corrected chi connectivity index (χ3v) is 15.3. The van der Waals surface area contributed by atoms with Gasteiger partial charge in [0.15, 0.2) is 23.8 Å². The van der Waals surface area contributed by atoms with E-state index in [1.165, 1.54) is 0 Å². The predicted molar refractivity (Wildman–Crippen MR) is 305 cm³/mol. The van der Waals surface area contributed by atoms with Gasteiger partial charge in [0.1, 0.15) is 57.9 Å². The van der Waals surface area contributed by atoms with Gasteiger partial charge in [0.25, 0.3) is 11.1 Å². The number of nitrogens with zero attached hydrogens (tertiary/aromatic N) is 2. The number of ether oxygens (including phenoxy) is 7. The van der Waals surface area contributed by atoms with Crippen molar-refractivity contribution in [3.05, 3.63) is 257 Å². The fraction of sp³-hybridized carbons (Fsp3) is 0.290. The van der Waals surface area contributed by atoms with Gasteiger partial charge in [0.2, 0.25) is 0 Å². The highest BCUT2D eigenvalue weighted by atomic mass is 35.5. The third-order valence-electron chi connectivity index (χ3n) is 14.6. The molecule has 2 aromatic heterocycles. The molecule has 0 unspecified atom stereocenters. The van der Waals surface area contributed by atoms with Gasteiger partial charge in [-0.05, 0) is 95.8 Å². The van der Waals surface area contributed by atoms with E-state index in [-0.39, 0.29) is 6.61 Å². The summed E-state index contributed by atoms with van der Waals surface area (Å²) >= 11 is 7.22. The summed E-state index contributed by atoms with van der Waals surface area (Å²) in [7, 11) is 6.47. The second-order valence-corrected chi connectivity index (χ2v) is 20.3. The Bertz CT molecular complexity index is 3550. The van der Waals surface area contributed by atoms with Crippen LogP contribution in [0.3, 0.4) is 0 Å². The molecule has 21 heteroatoms. The molecule has 10 rings (SSSR count). The Morgan fingerprint density at radius 2 is 0.819 bits per heavy atom. The van der Waals surface area contributed by atoms with Gasteiger partial charge in [-0.1, -0.05) is 109 Å². The van der Waals surface area contributed by atoms with Gasteiger partial charge in [-0.25, -0.2) is 18.4 Å². The summed E-state index contributed by atoms with van der Waals surface area (Å²) in [5, 5.41) is 29.6. The van der Waals surface area contributed by atoms with Crippen molar-refractivity contribution in [2.75, 3.05) is 41.7 Å². The summed E-state index contributed by atoms with van der Waals surface area (Å²) in [4.78, 5) is 49.7. The maximum Gasteiger partial charge on any atom is 0.330 e. The summed E-state index contributed by atoms with van der Waals surface area (Å²) in [5.74, 6) is 2.92. The maximum atomic E-state index is 15.9. The lowest BCUT2D eigenvalue weighted by Crippen LogP contribution is -2.44. The van der Waals surface area contributed by atoms with E-state index in [9.17, 15) is 33.8 Å². The number of H-pyrrole nitrogens is 2. The van der Waals surface area contributed by atoms with Crippen LogP contribution >= 0.6 is 11.6 Å². The first-order valence-electron chi connectivity index (χ1n) is 26.1. The Labute approximate surface area is 480 Å². The minimum atomic E-state index is -2.37. The Kier molecular flexibility index (Phi) is 19.0. The lowest BCUT2D eigenvalue weighted by Gasteiger charge is -2.37. The van der Waals surface area contributed by atoms with Crippen LogP contribution < -0.4 is 41.4 Å². The second kappa shape index (κ2) is 25.9. The largest absolute Gasteiger partial charge is 0.497 e. The molecule has 6 aromatic carbocycles. The van der Waals surface area contributed by atoms with Crippen molar-refractivity contribution in [2.45, 2.75) is 72.5 Å². The molecular formula is C62H63ClF2N4O14. The second-order valence-electron chi connectivity index (χ2n) is 19.8. The molecule has 83 heavy (non-hydrogen) atoms. The normalized spacial score (nSPS) is 22.1. The zero-order valence-corrected chi connectivity index (χ0v) is 46.8. The van der Waals surface area contributed by atoms with Gasteiger partial charge >= 0.3 is 11.4 Å². The van der Waals surface area contributed by atoms with Crippen LogP contribution in [0.4, 0.5) is 8.78 Å². The third kappa shape index (κ3) is 12.6. The van der Waals surface area contributed by atoms with Crippen LogP contribution in [0.5, 0.6) is 23.0 Å². The number of aliphatic hydroxyl groups is 3. The molecular weight excluding hydrogens is 1100 g/mol. The van der Waals surface area contributed by atoms with E-state index in [1.54, 1.807) is 28.4 Å². The van der Waals surface area contributed by atoms with Crippen LogP contribution in [-0.4, -0.2) is 112 Å². The highest BCUT2D eigenvalue weighted by Crippen LogP contribution is 2.47. The standard InChI is InChI=1S/C31H31FN2O7.C21H19ClO2.C10H13FN2O5/c1-30(32)27(36)25(41-28(30)34-18-17-26(35)33-29(34)37)19-40-31(20-7-5-4-6-8-20,21-9-13-23(38-2)14-10-21)22-11-15-24(39-3)16-12-22;1-23-19-12-8-17(9-13-19)21(22,16-6-4-3-5-7-16)18-10-14-20(24-2)15-11-18;1-10(11)7(16)5(4-14)18-8(10)13-3-2-6(15)12-9(13)17/h4-18,25,27-28,36H,19H2,1-3H3,(H,33,35,37);3-15H,1-2H3;2-3,5,7-8,14,16H,4H2,1H3,(H,12,15,17)/t25-,27-,28-,30-;;5-,7-,8-,10-/m1.1/s1. The lowest BCUT2D eigenvalue weighted by molar-refractivity contribution is -0.0968. The molecule has 0 spiro atoms. The van der Waals surface area contributed by atoms with E-state index in [0.717, 1.165) is 92.4 Å². The first-order valence-corrected chi connectivity index (χ1v) is 26.4. The fourth-order valence-electron chi connectivity index (χ4n) is 10.0. The molecule has 0 aliphatic carbocycles. The molecule has 8 atom stereocenters. The number of hydrogen-bond acceptors (Lipinski definition) is 14. The minimum Gasteiger partial charge on any atom is -0.497 e. The van der Waals surface area contributed by atoms with E-state index < -0.39 is 87.8 Å². The number of alkyl halides is 3. The van der Waals surface area contributed by atoms with Gasteiger partial charge in [-0.3, -0.25) is 28.7 Å². The molecule has 8 aromatic rings. The number of rotatable bonds is 16. The van der Waals surface area contributed by atoms with Crippen LogP contribution in [0.25, 0.3) is 0 Å². The Hall–Kier alpha value is -8.21. The van der Waals surface area contributed by atoms with E-state index >= 15 is 4.39 Å². The molecule has 436 valence electrons. The fourth-order valence-corrected chi connectivity index (χ4v) is 10.4. The number of aromatic nitrogens is 4. The highest BCUT2D eigenvalue weighted by molar-refractivity contribution is 6.28. The molecule has 2 aliphatic rings. The van der Waals surface area contributed by atoms with Gasteiger partial charge in [0, 0.05) is 24.5 Å². The highest BCUT2D eigenvalue weighted by Gasteiger charge is 2.57. The molecule has 2 aliphatic heterocycles. The summed E-state index contributed by atoms with van der Waals surface area (Å²) < 4.78 is 71.1. The molecule has 2 saturated heterocycles. The summed E-state index contributed by atoms with van der Waals surface area (Å²) in [6.07, 6.45) is -6.17. The van der Waals surface area contributed by atoms with Crippen molar-refractivity contribution in [1.82, 2.24) is 19.1 Å². The Morgan fingerprint density at radius 1 is 0.506 bits per heavy atom. The molecule has 0 radical (unpaired) electrons. The Balaban J connectivity index is 0.000000180. The van der Waals surface area contributed by atoms with Crippen molar-refractivity contribution < 1.29 is 57.3 Å². The van der Waals surface area contributed by atoms with Crippen molar-refractivity contribution in [3.8, 4) is 23.0 Å². The van der Waals surface area contributed by atoms with Crippen molar-refractivity contribution >= 4 is 11.6 Å². The first-order chi connectivity index (χ1) is 39.8. The number of aromatic amines is 2. The smallest absolute Gasteiger partial charge is 0.330 e. The van der Waals surface area contributed by atoms with Crippen molar-refractivity contribution in [3.63, 3.8) is 0 Å². The number of nitrogens with one attached hydrogen (secondary N) is 2. The molecule has 4 heterocycles. The number of methoxy groups -OCH3 is 4. The minimum absolute atomic E-state index is 0.248. The number of hydrogen-bond donors (Lipinski definition) is 5. The average molecular weight is 1160 g/mol. The summed E-state index contributed by atoms with van der Waals surface area (Å²) in [5.41, 5.74) is -3.52. The summed E-state index contributed by atoms with van der Waals surface area (Å²) in [6.45, 7) is 1.39. The number of aliphatic hydroxyl groups excluding tert-OH is 3. The maximum absolute atomic E-state index is 15.9. The van der Waals surface area contributed by atoms with E-state index in [1.807, 2.05) is 163 Å². The topological polar surface area (TPSA) is 235 Å². The molecule has 5 N–H and O–H groups in total. The number of benzene rings is 6. The van der Waals surface area contributed by atoms with E-state index in [4.69, 9.17) is 49.9 Å². The molecule has 0 amide bonds. The van der Waals surface area contributed by atoms with Gasteiger partial charge in [-0.15, -0.1) is 11.6 Å². The van der Waals surface area contributed by atoms with Crippen molar-refractivity contribution in [2.24, 2.45) is 0 Å². The predicted octanol–water partition coefficient (Wildman–Crippen LogP) is 7.30. The lowest BCUT2D eigenvalue weighted by atomic mass is 9.80. The zero-order valence-electron chi connectivity index (χ0n) is 46.1. The van der Waals surface area contributed by atoms with Gasteiger partial charge < -0.3 is 48.5 Å². The van der Waals surface area contributed by atoms with E-state index in [0.29, 0.717) is 11.5 Å². The monoisotopic (exact) mass is 1160 g/mol. The molecule has 2 fully saturated rings. The van der Waals surface area contributed by atoms with Crippen LogP contribution in [0.15, 0.2) is 201 Å². The van der Waals surface area contributed by atoms with Crippen molar-refractivity contribution in [1.29, 1.82) is 0 Å². The summed E-state index contributed by atoms with van der Waals surface area (Å²) in [6, 6.07) is 52.2. The Morgan fingerprint density at radius 3 is 1.16 bits per heavy atom. The van der Waals surface area contributed by atoms with Crippen LogP contribution in [0, 0.1) is 0 Å². The number of halogens is 3. The molecule has 0 bridgehead atoms. The van der Waals surface area contributed by atoms with Crippen LogP contribution in [0.2, 0.25) is 0 Å². The van der Waals surface area contributed by atoms with Crippen LogP contribution in [-0.2, 0) is 24.7 Å². The quantitative estimate of drug-likeness (QED) is 0.0472. The molecule has 0 saturated carbocycles. The van der Waals surface area contributed by atoms with E-state index in [2.05, 4.69) is 4.98 Å². The molecule has 18 nitrogen and oxygen atoms in total. The average Bonchev–Trinajstić information content (AvgIpc) is 4.09. The van der Waals surface area contributed by atoms with Crippen LogP contribution in [0.1, 0.15) is 59.7 Å². The SMILES string of the molecule is COc1ccc(C(Cl)(c2ccccc2)c2ccc(OC)cc2)cc1.COc1ccc(C(OC[C@H]2O[C@@H](n3ccc(=O)[nH]c3=O)[C@](C)(F)[C@@H]2O)(c2ccccc2)c2ccc(OC)cc2)cc1.C[C@@]1(F)[C@H](O)[C@@H](CO)O[C@H]1n1ccc(=O)[nH]c1=O. The van der Waals surface area contributed by atoms with Gasteiger partial charge in [0.05, 0.1) is 41.7 Å². The first kappa shape index (κ1) is 60.9. The van der Waals surface area contributed by atoms with Gasteiger partial charge in [-0.2, -0.15) is 0 Å². The zero-order chi connectivity index (χ0) is 59.7.